The number of aromatic nitrogens is 5. The molecule has 1 unspecified atom stereocenters. The summed E-state index contributed by atoms with van der Waals surface area (Å²) in [4.78, 5) is 23.9. The molecule has 1 saturated carbocycles. The molecular weight excluding hydrogens is 479 g/mol. The molecule has 182 valence electrons. The number of ketones is 1. The number of hydrogen-bond donors (Lipinski definition) is 0. The Balaban J connectivity index is 1.44. The first-order valence-corrected chi connectivity index (χ1v) is 11.9. The zero-order valence-corrected chi connectivity index (χ0v) is 19.9. The van der Waals surface area contributed by atoms with E-state index in [2.05, 4.69) is 20.2 Å². The third-order valence-corrected chi connectivity index (χ3v) is 6.91. The second-order valence-electron chi connectivity index (χ2n) is 8.64. The van der Waals surface area contributed by atoms with Gasteiger partial charge < -0.3 is 4.74 Å². The molecular formula is C24H22F3N5O2S. The number of aryl methyl sites for hydroxylation is 1. The highest BCUT2D eigenvalue weighted by Crippen LogP contribution is 2.46. The third-order valence-electron chi connectivity index (χ3n) is 6.03. The Morgan fingerprint density at radius 2 is 1.97 bits per heavy atom. The van der Waals surface area contributed by atoms with Crippen LogP contribution in [-0.4, -0.2) is 37.9 Å². The summed E-state index contributed by atoms with van der Waals surface area (Å²) in [5.41, 5.74) is 1.50. The number of halogens is 3. The van der Waals surface area contributed by atoms with E-state index in [1.54, 1.807) is 13.3 Å². The van der Waals surface area contributed by atoms with E-state index in [-0.39, 0.29) is 36.0 Å². The summed E-state index contributed by atoms with van der Waals surface area (Å²) in [5, 5.41) is 8.47. The molecule has 3 heterocycles. The van der Waals surface area contributed by atoms with Crippen molar-refractivity contribution < 1.29 is 22.7 Å². The Bertz CT molecular complexity index is 1380. The predicted molar refractivity (Wildman–Crippen MR) is 123 cm³/mol. The summed E-state index contributed by atoms with van der Waals surface area (Å²) >= 11 is 1.48. The minimum atomic E-state index is -4.62. The highest BCUT2D eigenvalue weighted by molar-refractivity contribution is 7.18. The van der Waals surface area contributed by atoms with Gasteiger partial charge in [-0.1, -0.05) is 17.4 Å². The Hall–Kier alpha value is -3.18. The maximum Gasteiger partial charge on any atom is 0.418 e. The molecule has 35 heavy (non-hydrogen) atoms. The van der Waals surface area contributed by atoms with Crippen LogP contribution in [-0.2, 0) is 28.5 Å². The fourth-order valence-corrected chi connectivity index (χ4v) is 5.15. The number of hydrogen-bond acceptors (Lipinski definition) is 7. The quantitative estimate of drug-likeness (QED) is 0.336. The van der Waals surface area contributed by atoms with Crippen LogP contribution in [0.1, 0.15) is 46.2 Å². The molecule has 1 aromatic carbocycles. The van der Waals surface area contributed by atoms with Crippen molar-refractivity contribution in [1.29, 1.82) is 0 Å². The first-order valence-electron chi connectivity index (χ1n) is 11.1. The van der Waals surface area contributed by atoms with Crippen LogP contribution in [0.3, 0.4) is 0 Å². The number of ether oxygens (including phenoxy) is 1. The van der Waals surface area contributed by atoms with Crippen LogP contribution < -0.4 is 0 Å². The molecule has 0 amide bonds. The van der Waals surface area contributed by atoms with Gasteiger partial charge in [0.05, 0.1) is 34.8 Å². The van der Waals surface area contributed by atoms with E-state index in [0.29, 0.717) is 11.5 Å². The highest BCUT2D eigenvalue weighted by Gasteiger charge is 2.37. The van der Waals surface area contributed by atoms with Gasteiger partial charge in [0, 0.05) is 31.7 Å². The van der Waals surface area contributed by atoms with E-state index in [4.69, 9.17) is 4.74 Å². The summed E-state index contributed by atoms with van der Waals surface area (Å²) in [6.07, 6.45) is 1.43. The van der Waals surface area contributed by atoms with Crippen LogP contribution in [0, 0.1) is 12.8 Å². The molecule has 1 aliphatic rings. The molecule has 1 atom stereocenters. The number of Topliss-reactive ketones (excluding diaryl/α,β-unsaturated/α-hetero) is 1. The molecule has 5 rings (SSSR count). The topological polar surface area (TPSA) is 82.8 Å². The average Bonchev–Trinajstić information content (AvgIpc) is 3.34. The minimum absolute atomic E-state index is 0.0330. The van der Waals surface area contributed by atoms with Gasteiger partial charge in [-0.15, -0.1) is 0 Å². The van der Waals surface area contributed by atoms with Crippen molar-refractivity contribution in [2.24, 2.45) is 5.92 Å². The fraction of sp³-hybridized carbons (Fsp3) is 0.375. The molecule has 1 fully saturated rings. The average molecular weight is 502 g/mol. The Labute approximate surface area is 203 Å². The smallest absolute Gasteiger partial charge is 0.376 e. The standard InChI is InChI=1S/C24H22F3N5O2S/c1-13-31-21-20(22(34-2)15-4-5-15)16(12-28-23(21)35-13)11-17(33)9-14-3-6-19(32-29-7-8-30-32)18(10-14)24(25,26)27/h3,6-8,10,12,15,22H,4-5,9,11H2,1-2H3. The predicted octanol–water partition coefficient (Wildman–Crippen LogP) is 5.05. The zero-order valence-electron chi connectivity index (χ0n) is 19.0. The first kappa shape index (κ1) is 23.6. The van der Waals surface area contributed by atoms with Gasteiger partial charge in [0.1, 0.15) is 16.1 Å². The number of carbonyl (C=O) groups excluding carboxylic acids is 1. The van der Waals surface area contributed by atoms with E-state index in [1.165, 1.54) is 35.9 Å². The maximum absolute atomic E-state index is 13.7. The Kier molecular flexibility index (Phi) is 6.14. The number of nitrogens with zero attached hydrogens (tertiary/aromatic N) is 5. The van der Waals surface area contributed by atoms with E-state index in [9.17, 15) is 18.0 Å². The first-order chi connectivity index (χ1) is 16.7. The normalized spacial score (nSPS) is 15.0. The molecule has 0 aliphatic heterocycles. The number of rotatable bonds is 8. The number of carbonyl (C=O) groups is 1. The van der Waals surface area contributed by atoms with E-state index >= 15 is 0 Å². The van der Waals surface area contributed by atoms with Crippen molar-refractivity contribution in [2.45, 2.75) is 44.9 Å². The molecule has 0 saturated heterocycles. The van der Waals surface area contributed by atoms with E-state index in [0.717, 1.165) is 44.6 Å². The second-order valence-corrected chi connectivity index (χ2v) is 9.82. The van der Waals surface area contributed by atoms with Crippen LogP contribution in [0.4, 0.5) is 13.2 Å². The van der Waals surface area contributed by atoms with Gasteiger partial charge in [0.25, 0.3) is 0 Å². The van der Waals surface area contributed by atoms with Crippen molar-refractivity contribution >= 4 is 27.5 Å². The lowest BCUT2D eigenvalue weighted by molar-refractivity contribution is -0.137. The van der Waals surface area contributed by atoms with Crippen LogP contribution in [0.25, 0.3) is 16.0 Å². The lowest BCUT2D eigenvalue weighted by atomic mass is 9.94. The maximum atomic E-state index is 13.7. The third kappa shape index (κ3) is 4.83. The van der Waals surface area contributed by atoms with Gasteiger partial charge in [-0.25, -0.2) is 9.97 Å². The summed E-state index contributed by atoms with van der Waals surface area (Å²) in [6.45, 7) is 1.90. The molecule has 7 nitrogen and oxygen atoms in total. The number of methoxy groups -OCH3 is 1. The number of pyridine rings is 1. The second kappa shape index (κ2) is 9.12. The Morgan fingerprint density at radius 3 is 2.63 bits per heavy atom. The van der Waals surface area contributed by atoms with Crippen LogP contribution in [0.5, 0.6) is 0 Å². The van der Waals surface area contributed by atoms with Crippen molar-refractivity contribution in [1.82, 2.24) is 25.0 Å². The Morgan fingerprint density at radius 1 is 1.23 bits per heavy atom. The van der Waals surface area contributed by atoms with Crippen molar-refractivity contribution in [3.8, 4) is 5.69 Å². The van der Waals surface area contributed by atoms with E-state index in [1.807, 2.05) is 6.92 Å². The van der Waals surface area contributed by atoms with Gasteiger partial charge in [-0.05, 0) is 48.9 Å². The van der Waals surface area contributed by atoms with Gasteiger partial charge >= 0.3 is 6.18 Å². The number of thiazole rings is 1. The molecule has 0 radical (unpaired) electrons. The molecule has 1 aliphatic carbocycles. The molecule has 0 bridgehead atoms. The number of alkyl halides is 3. The fourth-order valence-electron chi connectivity index (χ4n) is 4.38. The van der Waals surface area contributed by atoms with Crippen molar-refractivity contribution in [2.75, 3.05) is 7.11 Å². The monoisotopic (exact) mass is 501 g/mol. The largest absolute Gasteiger partial charge is 0.418 e. The lowest BCUT2D eigenvalue weighted by Gasteiger charge is -2.19. The summed E-state index contributed by atoms with van der Waals surface area (Å²) in [5.74, 6) is 0.141. The minimum Gasteiger partial charge on any atom is -0.376 e. The van der Waals surface area contributed by atoms with Crippen molar-refractivity contribution in [3.63, 3.8) is 0 Å². The highest BCUT2D eigenvalue weighted by atomic mass is 32.1. The summed E-state index contributed by atoms with van der Waals surface area (Å²) in [7, 11) is 1.65. The summed E-state index contributed by atoms with van der Waals surface area (Å²) < 4.78 is 47.0. The summed E-state index contributed by atoms with van der Waals surface area (Å²) in [6, 6.07) is 3.78. The molecule has 11 heteroatoms. The molecule has 0 spiro atoms. The molecule has 4 aromatic rings. The van der Waals surface area contributed by atoms with Gasteiger partial charge in [0.2, 0.25) is 0 Å². The van der Waals surface area contributed by atoms with Crippen LogP contribution >= 0.6 is 11.3 Å². The number of benzene rings is 1. The lowest BCUT2D eigenvalue weighted by Crippen LogP contribution is -2.15. The van der Waals surface area contributed by atoms with Crippen molar-refractivity contribution in [3.05, 3.63) is 64.1 Å². The number of fused-ring (bicyclic) bond motifs is 1. The van der Waals surface area contributed by atoms with Gasteiger partial charge in [0.15, 0.2) is 0 Å². The molecule has 3 aromatic heterocycles. The van der Waals surface area contributed by atoms with E-state index < -0.39 is 11.7 Å². The SMILES string of the molecule is COC(c1c(CC(=O)Cc2ccc(-n3nccn3)c(C(F)(F)F)c2)cnc2sc(C)nc12)C1CC1. The molecule has 0 N–H and O–H groups in total. The van der Waals surface area contributed by atoms with Crippen LogP contribution in [0.2, 0.25) is 0 Å². The van der Waals surface area contributed by atoms with Gasteiger partial charge in [-0.2, -0.15) is 28.2 Å². The van der Waals surface area contributed by atoms with Crippen LogP contribution in [0.15, 0.2) is 36.8 Å². The van der Waals surface area contributed by atoms with Gasteiger partial charge in [-0.3, -0.25) is 4.79 Å². The zero-order chi connectivity index (χ0) is 24.7.